The summed E-state index contributed by atoms with van der Waals surface area (Å²) >= 11 is 6.18. The number of halogens is 1. The number of hydrogen-bond donors (Lipinski definition) is 4. The van der Waals surface area contributed by atoms with Gasteiger partial charge in [-0.25, -0.2) is 13.1 Å². The molecule has 3 fully saturated rings. The van der Waals surface area contributed by atoms with E-state index in [0.717, 1.165) is 75.1 Å². The van der Waals surface area contributed by atoms with Gasteiger partial charge in [0.25, 0.3) is 15.9 Å². The van der Waals surface area contributed by atoms with Crippen LogP contribution in [0.2, 0.25) is 5.02 Å². The molecule has 1 unspecified atom stereocenters. The van der Waals surface area contributed by atoms with Crippen LogP contribution < -0.4 is 24.9 Å². The molecule has 1 atom stereocenters. The Hall–Kier alpha value is -4.48. The fraction of sp³-hybridized carbons (Fsp3) is 0.429. The molecule has 16 heteroatoms. The number of carbonyl (C=O) groups is 1. The van der Waals surface area contributed by atoms with Crippen molar-refractivity contribution in [1.29, 1.82) is 0 Å². The Kier molecular flexibility index (Phi) is 13.7. The zero-order chi connectivity index (χ0) is 40.6. The van der Waals surface area contributed by atoms with Crippen molar-refractivity contribution in [2.75, 3.05) is 61.4 Å². The number of carbonyl (C=O) groups excluding carboxylic acids is 1. The van der Waals surface area contributed by atoms with Gasteiger partial charge in [-0.15, -0.1) is 0 Å². The second-order valence-corrected chi connectivity index (χ2v) is 17.4. The Morgan fingerprint density at radius 1 is 0.948 bits per heavy atom. The number of likely N-dealkylation sites (tertiary alicyclic amines) is 1. The molecule has 310 valence electrons. The summed E-state index contributed by atoms with van der Waals surface area (Å²) in [6.45, 7) is 5.15. The number of ether oxygens (including phenoxy) is 2. The molecule has 0 bridgehead atoms. The predicted molar refractivity (Wildman–Crippen MR) is 222 cm³/mol. The van der Waals surface area contributed by atoms with E-state index in [1.54, 1.807) is 18.2 Å². The molecule has 3 aromatic carbocycles. The maximum absolute atomic E-state index is 13.8. The molecule has 4 aromatic rings. The third-order valence-corrected chi connectivity index (χ3v) is 12.9. The van der Waals surface area contributed by atoms with Crippen LogP contribution in [0.5, 0.6) is 11.5 Å². The van der Waals surface area contributed by atoms with Crippen molar-refractivity contribution in [3.8, 4) is 11.5 Å². The summed E-state index contributed by atoms with van der Waals surface area (Å²) in [5.74, 6) is 0.188. The molecular weight excluding hydrogens is 784 g/mol. The SMILES string of the molecule is O=C(NS(=O)(=O)c1ccc(NCC2CCOCC2)c(N([O-])O)c1)c1ccc(N2CCC(CN3CCCCC3c3ccc(Cl)cc3)CC2)cc1Oc1cncc(CO)c1. The Balaban J connectivity index is 1.06. The normalized spacial score (nSPS) is 18.5. The summed E-state index contributed by atoms with van der Waals surface area (Å²) in [6, 6.07) is 18.9. The van der Waals surface area contributed by atoms with Gasteiger partial charge < -0.3 is 35.2 Å². The van der Waals surface area contributed by atoms with Gasteiger partial charge in [0.15, 0.2) is 0 Å². The van der Waals surface area contributed by atoms with Gasteiger partial charge in [-0.3, -0.25) is 19.9 Å². The highest BCUT2D eigenvalue weighted by molar-refractivity contribution is 7.90. The van der Waals surface area contributed by atoms with Crippen LogP contribution in [0.4, 0.5) is 17.1 Å². The molecule has 1 amide bonds. The number of nitrogens with zero attached hydrogens (tertiary/aromatic N) is 4. The molecule has 14 nitrogen and oxygen atoms in total. The zero-order valence-electron chi connectivity index (χ0n) is 32.3. The highest BCUT2D eigenvalue weighted by Crippen LogP contribution is 2.36. The molecular formula is C42H50ClN6O8S-. The first-order valence-electron chi connectivity index (χ1n) is 19.9. The molecule has 1 aromatic heterocycles. The number of aliphatic hydroxyl groups is 1. The maximum Gasteiger partial charge on any atom is 0.268 e. The smallest absolute Gasteiger partial charge is 0.268 e. The maximum atomic E-state index is 13.8. The van der Waals surface area contributed by atoms with Crippen molar-refractivity contribution in [3.63, 3.8) is 0 Å². The third kappa shape index (κ3) is 10.4. The number of benzene rings is 3. The van der Waals surface area contributed by atoms with Crippen LogP contribution in [-0.2, 0) is 21.4 Å². The molecule has 7 rings (SSSR count). The number of aromatic nitrogens is 1. The molecule has 3 saturated heterocycles. The minimum Gasteiger partial charge on any atom is -0.733 e. The number of piperidine rings is 2. The monoisotopic (exact) mass is 833 g/mol. The Labute approximate surface area is 344 Å². The molecule has 3 aliphatic rings. The number of hydrogen-bond acceptors (Lipinski definition) is 13. The van der Waals surface area contributed by atoms with E-state index in [1.165, 1.54) is 49.0 Å². The highest BCUT2D eigenvalue weighted by atomic mass is 35.5. The first-order chi connectivity index (χ1) is 28.1. The van der Waals surface area contributed by atoms with E-state index in [-0.39, 0.29) is 35.0 Å². The number of nitrogens with one attached hydrogen (secondary N) is 2. The summed E-state index contributed by atoms with van der Waals surface area (Å²) in [4.78, 5) is 22.4. The summed E-state index contributed by atoms with van der Waals surface area (Å²) in [5.41, 5.74) is 2.49. The zero-order valence-corrected chi connectivity index (χ0v) is 33.8. The summed E-state index contributed by atoms with van der Waals surface area (Å²) in [5, 5.41) is 35.2. The van der Waals surface area contributed by atoms with Gasteiger partial charge in [0.2, 0.25) is 0 Å². The number of amides is 1. The van der Waals surface area contributed by atoms with Gasteiger partial charge in [-0.1, -0.05) is 30.2 Å². The van der Waals surface area contributed by atoms with E-state index in [0.29, 0.717) is 43.2 Å². The second kappa shape index (κ2) is 19.1. The Morgan fingerprint density at radius 3 is 2.47 bits per heavy atom. The van der Waals surface area contributed by atoms with E-state index in [9.17, 15) is 28.7 Å². The fourth-order valence-electron chi connectivity index (χ4n) is 8.12. The van der Waals surface area contributed by atoms with Gasteiger partial charge >= 0.3 is 0 Å². The van der Waals surface area contributed by atoms with E-state index >= 15 is 0 Å². The van der Waals surface area contributed by atoms with Crippen molar-refractivity contribution in [2.24, 2.45) is 11.8 Å². The van der Waals surface area contributed by atoms with Gasteiger partial charge in [0, 0.05) is 68.4 Å². The standard InChI is InChI=1S/C42H50ClN6O8S/c43-33-6-4-32(5-7-33)39-3-1-2-16-48(39)27-30-12-17-47(18-13-30)34-8-10-37(41(22-34)57-35-21-31(28-50)24-44-26-35)42(51)46-58(54,55)36-9-11-38(40(23-36)49(52)53)45-25-29-14-19-56-20-15-29/h4-11,21-24,26,29-30,39,45,50,52H,1-3,12-20,25,27-28H2,(H,46,51)/q-1. The summed E-state index contributed by atoms with van der Waals surface area (Å²) < 4.78 is 40.9. The van der Waals surface area contributed by atoms with Crippen LogP contribution in [0.15, 0.2) is 84.0 Å². The van der Waals surface area contributed by atoms with Gasteiger partial charge in [-0.2, -0.15) is 0 Å². The quantitative estimate of drug-likeness (QED) is 0.0945. The first kappa shape index (κ1) is 41.7. The largest absolute Gasteiger partial charge is 0.733 e. The summed E-state index contributed by atoms with van der Waals surface area (Å²) in [7, 11) is -4.53. The van der Waals surface area contributed by atoms with Gasteiger partial charge in [0.1, 0.15) is 11.5 Å². The first-order valence-corrected chi connectivity index (χ1v) is 21.7. The minimum atomic E-state index is -4.53. The lowest BCUT2D eigenvalue weighted by Gasteiger charge is -2.41. The average Bonchev–Trinajstić information content (AvgIpc) is 3.24. The van der Waals surface area contributed by atoms with Crippen LogP contribution in [-0.4, -0.2) is 80.5 Å². The van der Waals surface area contributed by atoms with Gasteiger partial charge in [0.05, 0.1) is 34.6 Å². The van der Waals surface area contributed by atoms with Crippen LogP contribution >= 0.6 is 11.6 Å². The molecule has 4 heterocycles. The lowest BCUT2D eigenvalue weighted by Crippen LogP contribution is -2.41. The van der Waals surface area contributed by atoms with Crippen LogP contribution in [0, 0.1) is 17.0 Å². The number of aliphatic hydroxyl groups excluding tert-OH is 1. The van der Waals surface area contributed by atoms with E-state index in [4.69, 9.17) is 21.1 Å². The lowest BCUT2D eigenvalue weighted by atomic mass is 9.91. The number of anilines is 3. The lowest BCUT2D eigenvalue weighted by molar-refractivity contribution is 0.0699. The molecule has 0 saturated carbocycles. The number of sulfonamides is 1. The Morgan fingerprint density at radius 2 is 1.72 bits per heavy atom. The summed E-state index contributed by atoms with van der Waals surface area (Å²) in [6.07, 6.45) is 10.1. The number of pyridine rings is 1. The minimum absolute atomic E-state index is 0.0578. The predicted octanol–water partition coefficient (Wildman–Crippen LogP) is 7.11. The van der Waals surface area contributed by atoms with Crippen LogP contribution in [0.25, 0.3) is 0 Å². The van der Waals surface area contributed by atoms with Crippen molar-refractivity contribution in [1.82, 2.24) is 14.6 Å². The van der Waals surface area contributed by atoms with Crippen molar-refractivity contribution in [2.45, 2.75) is 62.5 Å². The van der Waals surface area contributed by atoms with Crippen molar-refractivity contribution >= 4 is 44.6 Å². The topological polar surface area (TPSA) is 180 Å². The van der Waals surface area contributed by atoms with Gasteiger partial charge in [-0.05, 0) is 117 Å². The van der Waals surface area contributed by atoms with Crippen molar-refractivity contribution < 1.29 is 33.0 Å². The average molecular weight is 834 g/mol. The second-order valence-electron chi connectivity index (χ2n) is 15.3. The van der Waals surface area contributed by atoms with E-state index in [1.807, 2.05) is 12.1 Å². The van der Waals surface area contributed by atoms with E-state index in [2.05, 4.69) is 37.0 Å². The molecule has 4 N–H and O–H groups in total. The fourth-order valence-corrected chi connectivity index (χ4v) is 9.23. The van der Waals surface area contributed by atoms with Crippen LogP contribution in [0.1, 0.15) is 72.5 Å². The van der Waals surface area contributed by atoms with E-state index < -0.39 is 26.1 Å². The highest BCUT2D eigenvalue weighted by Gasteiger charge is 2.30. The molecule has 0 spiro atoms. The molecule has 0 aliphatic carbocycles. The third-order valence-electron chi connectivity index (χ3n) is 11.4. The molecule has 0 radical (unpaired) electrons. The molecule has 58 heavy (non-hydrogen) atoms. The molecule has 3 aliphatic heterocycles. The number of rotatable bonds is 14. The Bertz CT molecular complexity index is 2130. The van der Waals surface area contributed by atoms with Crippen molar-refractivity contribution in [3.05, 3.63) is 106 Å². The van der Waals surface area contributed by atoms with Crippen LogP contribution in [0.3, 0.4) is 0 Å².